The van der Waals surface area contributed by atoms with Gasteiger partial charge in [0.15, 0.2) is 12.4 Å². The molecule has 0 radical (unpaired) electrons. The van der Waals surface area contributed by atoms with Gasteiger partial charge in [0.1, 0.15) is 11.9 Å². The quantitative estimate of drug-likeness (QED) is 0.577. The molecule has 5 nitrogen and oxygen atoms in total. The van der Waals surface area contributed by atoms with Crippen LogP contribution in [0.4, 0.5) is 4.39 Å². The normalized spacial score (nSPS) is 11.7. The van der Waals surface area contributed by atoms with Gasteiger partial charge in [-0.25, -0.2) is 9.18 Å². The topological polar surface area (TPSA) is 72.5 Å². The number of Topliss-reactive ketones (excluding diaryl/α,β-unsaturated/α-hetero) is 1. The van der Waals surface area contributed by atoms with E-state index in [0.717, 1.165) is 12.1 Å². The van der Waals surface area contributed by atoms with Gasteiger partial charge in [-0.1, -0.05) is 37.6 Å². The fourth-order valence-electron chi connectivity index (χ4n) is 2.31. The first-order valence-electron chi connectivity index (χ1n) is 8.30. The molecule has 2 aromatic carbocycles. The minimum absolute atomic E-state index is 0.227. The molecular weight excluding hydrogens is 373 g/mol. The molecule has 1 N–H and O–H groups in total. The lowest BCUT2D eigenvalue weighted by Gasteiger charge is -2.21. The van der Waals surface area contributed by atoms with Crippen molar-refractivity contribution in [3.05, 3.63) is 70.5 Å². The Labute approximate surface area is 161 Å². The zero-order valence-corrected chi connectivity index (χ0v) is 15.6. The summed E-state index contributed by atoms with van der Waals surface area (Å²) in [6, 6.07) is 10.4. The second-order valence-corrected chi connectivity index (χ2v) is 6.62. The Morgan fingerprint density at radius 1 is 1.07 bits per heavy atom. The molecular formula is C20H19ClFNO4. The summed E-state index contributed by atoms with van der Waals surface area (Å²) in [5.74, 6) is -2.46. The van der Waals surface area contributed by atoms with Gasteiger partial charge in [-0.3, -0.25) is 9.59 Å². The Morgan fingerprint density at radius 2 is 1.70 bits per heavy atom. The molecule has 0 unspecified atom stereocenters. The molecule has 0 aliphatic heterocycles. The maximum absolute atomic E-state index is 12.9. The predicted molar refractivity (Wildman–Crippen MR) is 99.2 cm³/mol. The molecule has 142 valence electrons. The molecule has 0 aliphatic carbocycles. The van der Waals surface area contributed by atoms with E-state index in [0.29, 0.717) is 0 Å². The summed E-state index contributed by atoms with van der Waals surface area (Å²) in [5, 5.41) is 2.85. The largest absolute Gasteiger partial charge is 0.456 e. The zero-order valence-electron chi connectivity index (χ0n) is 14.9. The molecule has 2 rings (SSSR count). The van der Waals surface area contributed by atoms with Gasteiger partial charge in [0.2, 0.25) is 0 Å². The maximum atomic E-state index is 12.9. The number of carbonyl (C=O) groups is 3. The zero-order chi connectivity index (χ0) is 20.0. The number of halogens is 2. The van der Waals surface area contributed by atoms with Crippen molar-refractivity contribution in [3.63, 3.8) is 0 Å². The third-order valence-electron chi connectivity index (χ3n) is 3.84. The average Bonchev–Trinajstić information content (AvgIpc) is 2.64. The molecule has 27 heavy (non-hydrogen) atoms. The highest BCUT2D eigenvalue weighted by Gasteiger charge is 2.27. The van der Waals surface area contributed by atoms with Crippen LogP contribution in [0.5, 0.6) is 0 Å². The molecule has 0 aliphatic rings. The fourth-order valence-corrected chi connectivity index (χ4v) is 2.53. The molecule has 7 heteroatoms. The predicted octanol–water partition coefficient (Wildman–Crippen LogP) is 3.66. The Hall–Kier alpha value is -2.73. The van der Waals surface area contributed by atoms with Crippen LogP contribution >= 0.6 is 11.6 Å². The first-order chi connectivity index (χ1) is 12.8. The van der Waals surface area contributed by atoms with E-state index in [9.17, 15) is 18.8 Å². The summed E-state index contributed by atoms with van der Waals surface area (Å²) in [7, 11) is 0. The molecule has 0 fully saturated rings. The van der Waals surface area contributed by atoms with Gasteiger partial charge < -0.3 is 10.1 Å². The molecule has 0 aromatic heterocycles. The Morgan fingerprint density at radius 3 is 2.30 bits per heavy atom. The van der Waals surface area contributed by atoms with Crippen LogP contribution in [-0.4, -0.2) is 30.3 Å². The second kappa shape index (κ2) is 9.28. The summed E-state index contributed by atoms with van der Waals surface area (Å²) >= 11 is 6.00. The number of carbonyl (C=O) groups excluding carboxylic acids is 3. The van der Waals surface area contributed by atoms with Crippen molar-refractivity contribution in [2.45, 2.75) is 19.9 Å². The number of hydrogen-bond donors (Lipinski definition) is 1. The second-order valence-electron chi connectivity index (χ2n) is 6.21. The van der Waals surface area contributed by atoms with Crippen molar-refractivity contribution in [1.82, 2.24) is 5.32 Å². The van der Waals surface area contributed by atoms with Crippen LogP contribution in [0.25, 0.3) is 0 Å². The number of ether oxygens (including phenoxy) is 1. The number of ketones is 1. The minimum atomic E-state index is -0.949. The van der Waals surface area contributed by atoms with E-state index in [-0.39, 0.29) is 22.1 Å². The lowest BCUT2D eigenvalue weighted by molar-refractivity contribution is -0.145. The molecule has 1 atom stereocenters. The van der Waals surface area contributed by atoms with Gasteiger partial charge in [-0.05, 0) is 42.3 Å². The van der Waals surface area contributed by atoms with Crippen LogP contribution in [0, 0.1) is 11.7 Å². The standard InChI is InChI=1S/C20H19ClFNO4/c1-12(2)18(23-19(25)15-5-3-4-6-16(15)21)20(26)27-11-17(24)13-7-9-14(22)10-8-13/h3-10,12,18H,11H2,1-2H3,(H,23,25)/t18-/m1/s1. The highest BCUT2D eigenvalue weighted by Crippen LogP contribution is 2.16. The van der Waals surface area contributed by atoms with Crippen molar-refractivity contribution in [3.8, 4) is 0 Å². The van der Waals surface area contributed by atoms with Crippen LogP contribution in [0.1, 0.15) is 34.6 Å². The highest BCUT2D eigenvalue weighted by molar-refractivity contribution is 6.33. The number of benzene rings is 2. The van der Waals surface area contributed by atoms with Crippen molar-refractivity contribution in [2.24, 2.45) is 5.92 Å². The fraction of sp³-hybridized carbons (Fsp3) is 0.250. The van der Waals surface area contributed by atoms with Crippen LogP contribution in [0.3, 0.4) is 0 Å². The lowest BCUT2D eigenvalue weighted by atomic mass is 10.0. The number of hydrogen-bond acceptors (Lipinski definition) is 4. The molecule has 0 saturated carbocycles. The van der Waals surface area contributed by atoms with E-state index < -0.39 is 36.1 Å². The van der Waals surface area contributed by atoms with Crippen molar-refractivity contribution >= 4 is 29.3 Å². The Balaban J connectivity index is 2.00. The van der Waals surface area contributed by atoms with Crippen LogP contribution in [-0.2, 0) is 9.53 Å². The van der Waals surface area contributed by atoms with E-state index in [2.05, 4.69) is 5.32 Å². The molecule has 1 amide bonds. The first-order valence-corrected chi connectivity index (χ1v) is 8.68. The highest BCUT2D eigenvalue weighted by atomic mass is 35.5. The Bertz CT molecular complexity index is 836. The van der Waals surface area contributed by atoms with E-state index in [4.69, 9.17) is 16.3 Å². The van der Waals surface area contributed by atoms with E-state index >= 15 is 0 Å². The van der Waals surface area contributed by atoms with E-state index in [1.807, 2.05) is 0 Å². The SMILES string of the molecule is CC(C)[C@@H](NC(=O)c1ccccc1Cl)C(=O)OCC(=O)c1ccc(F)cc1. The summed E-state index contributed by atoms with van der Waals surface area (Å²) in [6.45, 7) is 2.97. The van der Waals surface area contributed by atoms with E-state index in [1.54, 1.807) is 38.1 Å². The first kappa shape index (κ1) is 20.6. The third-order valence-corrected chi connectivity index (χ3v) is 4.17. The molecule has 0 spiro atoms. The van der Waals surface area contributed by atoms with Gasteiger partial charge in [0.05, 0.1) is 10.6 Å². The van der Waals surface area contributed by atoms with Gasteiger partial charge in [-0.2, -0.15) is 0 Å². The van der Waals surface area contributed by atoms with Crippen LogP contribution < -0.4 is 5.32 Å². The number of rotatable bonds is 7. The van der Waals surface area contributed by atoms with Crippen molar-refractivity contribution in [1.29, 1.82) is 0 Å². The smallest absolute Gasteiger partial charge is 0.329 e. The summed E-state index contributed by atoms with van der Waals surface area (Å²) in [6.07, 6.45) is 0. The maximum Gasteiger partial charge on any atom is 0.329 e. The Kier molecular flexibility index (Phi) is 7.07. The van der Waals surface area contributed by atoms with Gasteiger partial charge in [-0.15, -0.1) is 0 Å². The number of amides is 1. The summed E-state index contributed by atoms with van der Waals surface area (Å²) in [5.41, 5.74) is 0.463. The lowest BCUT2D eigenvalue weighted by Crippen LogP contribution is -2.45. The van der Waals surface area contributed by atoms with Crippen molar-refractivity contribution in [2.75, 3.05) is 6.61 Å². The molecule has 2 aromatic rings. The number of nitrogens with one attached hydrogen (secondary N) is 1. The summed E-state index contributed by atoms with van der Waals surface area (Å²) < 4.78 is 18.0. The third kappa shape index (κ3) is 5.62. The minimum Gasteiger partial charge on any atom is -0.456 e. The van der Waals surface area contributed by atoms with Crippen LogP contribution in [0.15, 0.2) is 48.5 Å². The monoisotopic (exact) mass is 391 g/mol. The van der Waals surface area contributed by atoms with Gasteiger partial charge in [0, 0.05) is 5.56 Å². The molecule has 0 saturated heterocycles. The number of esters is 1. The molecule has 0 bridgehead atoms. The van der Waals surface area contributed by atoms with Crippen molar-refractivity contribution < 1.29 is 23.5 Å². The molecule has 0 heterocycles. The van der Waals surface area contributed by atoms with Crippen LogP contribution in [0.2, 0.25) is 5.02 Å². The van der Waals surface area contributed by atoms with E-state index in [1.165, 1.54) is 12.1 Å². The average molecular weight is 392 g/mol. The van der Waals surface area contributed by atoms with Gasteiger partial charge in [0.25, 0.3) is 5.91 Å². The summed E-state index contributed by atoms with van der Waals surface area (Å²) in [4.78, 5) is 36.8. The van der Waals surface area contributed by atoms with Gasteiger partial charge >= 0.3 is 5.97 Å².